The normalized spacial score (nSPS) is 11.3. The van der Waals surface area contributed by atoms with Gasteiger partial charge in [0.1, 0.15) is 5.75 Å². The predicted molar refractivity (Wildman–Crippen MR) is 148 cm³/mol. The van der Waals surface area contributed by atoms with Gasteiger partial charge in [0.15, 0.2) is 6.61 Å². The number of hydrogen-bond acceptors (Lipinski definition) is 2. The molecule has 0 unspecified atom stereocenters. The molecule has 0 saturated carbocycles. The SMILES string of the molecule is C/C(=C\c1ccccc1)CN(CCC(c1ccccc1)c1ccccc1)C(=O)COc1ccccc1. The van der Waals surface area contributed by atoms with Crippen LogP contribution < -0.4 is 4.74 Å². The Labute approximate surface area is 214 Å². The summed E-state index contributed by atoms with van der Waals surface area (Å²) in [6.45, 7) is 3.29. The minimum Gasteiger partial charge on any atom is -0.484 e. The third-order valence-corrected chi connectivity index (χ3v) is 6.20. The molecule has 3 heteroatoms. The number of carbonyl (C=O) groups is 1. The lowest BCUT2D eigenvalue weighted by Crippen LogP contribution is -2.37. The monoisotopic (exact) mass is 475 g/mol. The zero-order valence-corrected chi connectivity index (χ0v) is 20.8. The average Bonchev–Trinajstić information content (AvgIpc) is 2.93. The van der Waals surface area contributed by atoms with Gasteiger partial charge in [-0.25, -0.2) is 0 Å². The van der Waals surface area contributed by atoms with E-state index < -0.39 is 0 Å². The summed E-state index contributed by atoms with van der Waals surface area (Å²) in [5.74, 6) is 0.893. The zero-order valence-electron chi connectivity index (χ0n) is 20.8. The number of ether oxygens (including phenoxy) is 1. The summed E-state index contributed by atoms with van der Waals surface area (Å²) in [6, 6.07) is 40.8. The van der Waals surface area contributed by atoms with Gasteiger partial charge < -0.3 is 9.64 Å². The van der Waals surface area contributed by atoms with E-state index in [9.17, 15) is 4.79 Å². The zero-order chi connectivity index (χ0) is 25.0. The molecule has 0 aliphatic carbocycles. The van der Waals surface area contributed by atoms with Crippen LogP contribution in [0.2, 0.25) is 0 Å². The number of benzene rings is 4. The van der Waals surface area contributed by atoms with Crippen molar-refractivity contribution in [2.24, 2.45) is 0 Å². The van der Waals surface area contributed by atoms with E-state index in [1.54, 1.807) is 0 Å². The first-order valence-corrected chi connectivity index (χ1v) is 12.5. The topological polar surface area (TPSA) is 29.5 Å². The fourth-order valence-electron chi connectivity index (χ4n) is 4.41. The number of nitrogens with zero attached hydrogens (tertiary/aromatic N) is 1. The molecule has 4 rings (SSSR count). The van der Waals surface area contributed by atoms with Gasteiger partial charge in [-0.3, -0.25) is 4.79 Å². The molecule has 0 radical (unpaired) electrons. The first kappa shape index (κ1) is 25.0. The van der Waals surface area contributed by atoms with Crippen LogP contribution in [0, 0.1) is 0 Å². The Morgan fingerprint density at radius 3 is 1.81 bits per heavy atom. The van der Waals surface area contributed by atoms with Gasteiger partial charge in [-0.05, 0) is 42.2 Å². The highest BCUT2D eigenvalue weighted by Crippen LogP contribution is 2.28. The molecule has 182 valence electrons. The molecule has 36 heavy (non-hydrogen) atoms. The molecule has 0 aliphatic heterocycles. The molecule has 1 amide bonds. The summed E-state index contributed by atoms with van der Waals surface area (Å²) < 4.78 is 5.81. The van der Waals surface area contributed by atoms with Crippen LogP contribution >= 0.6 is 0 Å². The molecule has 0 atom stereocenters. The van der Waals surface area contributed by atoms with Crippen LogP contribution in [0.3, 0.4) is 0 Å². The molecule has 0 bridgehead atoms. The van der Waals surface area contributed by atoms with Gasteiger partial charge in [0, 0.05) is 19.0 Å². The molecule has 4 aromatic carbocycles. The van der Waals surface area contributed by atoms with Gasteiger partial charge in [0.2, 0.25) is 0 Å². The van der Waals surface area contributed by atoms with Gasteiger partial charge >= 0.3 is 0 Å². The lowest BCUT2D eigenvalue weighted by atomic mass is 9.88. The lowest BCUT2D eigenvalue weighted by Gasteiger charge is -2.26. The Morgan fingerprint density at radius 1 is 0.750 bits per heavy atom. The standard InChI is InChI=1S/C33H33NO2/c1-27(24-28-14-6-2-7-15-28)25-34(33(35)26-36-31-20-12-5-13-21-31)23-22-32(29-16-8-3-9-17-29)30-18-10-4-11-19-30/h2-21,24,32H,22-23,25-26H2,1H3/b27-24+. The van der Waals surface area contributed by atoms with Gasteiger partial charge in [-0.1, -0.05) is 121 Å². The number of amides is 1. The van der Waals surface area contributed by atoms with Crippen molar-refractivity contribution in [2.75, 3.05) is 19.7 Å². The second-order valence-electron chi connectivity index (χ2n) is 8.98. The maximum Gasteiger partial charge on any atom is 0.260 e. The molecular weight excluding hydrogens is 442 g/mol. The molecule has 0 aliphatic rings. The van der Waals surface area contributed by atoms with E-state index in [1.807, 2.05) is 65.6 Å². The number of hydrogen-bond donors (Lipinski definition) is 0. The summed E-state index contributed by atoms with van der Waals surface area (Å²) in [4.78, 5) is 15.3. The van der Waals surface area contributed by atoms with E-state index in [0.29, 0.717) is 18.8 Å². The van der Waals surface area contributed by atoms with Crippen molar-refractivity contribution in [3.63, 3.8) is 0 Å². The Morgan fingerprint density at radius 2 is 1.25 bits per heavy atom. The van der Waals surface area contributed by atoms with Crippen molar-refractivity contribution in [2.45, 2.75) is 19.3 Å². The molecule has 0 saturated heterocycles. The number of rotatable bonds is 11. The molecule has 0 spiro atoms. The fraction of sp³-hybridized carbons (Fsp3) is 0.182. The van der Waals surface area contributed by atoms with Gasteiger partial charge in [0.05, 0.1) is 0 Å². The van der Waals surface area contributed by atoms with Crippen LogP contribution in [0.4, 0.5) is 0 Å². The fourth-order valence-corrected chi connectivity index (χ4v) is 4.41. The van der Waals surface area contributed by atoms with Crippen molar-refractivity contribution in [1.29, 1.82) is 0 Å². The summed E-state index contributed by atoms with van der Waals surface area (Å²) in [5, 5.41) is 0. The van der Waals surface area contributed by atoms with Gasteiger partial charge in [0.25, 0.3) is 5.91 Å². The van der Waals surface area contributed by atoms with Crippen LogP contribution in [-0.4, -0.2) is 30.5 Å². The van der Waals surface area contributed by atoms with Crippen LogP contribution in [0.15, 0.2) is 127 Å². The number of para-hydroxylation sites is 1. The smallest absolute Gasteiger partial charge is 0.260 e. The molecule has 0 heterocycles. The largest absolute Gasteiger partial charge is 0.484 e. The maximum atomic E-state index is 13.4. The Kier molecular flexibility index (Phi) is 9.10. The Hall–Kier alpha value is -4.11. The maximum absolute atomic E-state index is 13.4. The molecule has 0 N–H and O–H groups in total. The Bertz CT molecular complexity index is 1180. The molecule has 0 fully saturated rings. The van der Waals surface area contributed by atoms with E-state index in [1.165, 1.54) is 11.1 Å². The van der Waals surface area contributed by atoms with E-state index in [4.69, 9.17) is 4.74 Å². The van der Waals surface area contributed by atoms with Crippen LogP contribution in [-0.2, 0) is 4.79 Å². The summed E-state index contributed by atoms with van der Waals surface area (Å²) in [5.41, 5.74) is 4.78. The summed E-state index contributed by atoms with van der Waals surface area (Å²) in [7, 11) is 0. The summed E-state index contributed by atoms with van der Waals surface area (Å²) >= 11 is 0. The quantitative estimate of drug-likeness (QED) is 0.229. The van der Waals surface area contributed by atoms with Crippen LogP contribution in [0.5, 0.6) is 5.75 Å². The number of carbonyl (C=O) groups excluding carboxylic acids is 1. The highest BCUT2D eigenvalue weighted by molar-refractivity contribution is 5.78. The molecular formula is C33H33NO2. The molecule has 4 aromatic rings. The highest BCUT2D eigenvalue weighted by atomic mass is 16.5. The molecule has 0 aromatic heterocycles. The van der Waals surface area contributed by atoms with Crippen molar-refractivity contribution in [3.8, 4) is 5.75 Å². The second-order valence-corrected chi connectivity index (χ2v) is 8.98. The first-order valence-electron chi connectivity index (χ1n) is 12.5. The van der Waals surface area contributed by atoms with Gasteiger partial charge in [-0.15, -0.1) is 0 Å². The van der Waals surface area contributed by atoms with Crippen molar-refractivity contribution in [1.82, 2.24) is 4.90 Å². The minimum atomic E-state index is -0.0143. The summed E-state index contributed by atoms with van der Waals surface area (Å²) in [6.07, 6.45) is 2.97. The third kappa shape index (κ3) is 7.44. The van der Waals surface area contributed by atoms with Crippen molar-refractivity contribution in [3.05, 3.63) is 144 Å². The molecule has 3 nitrogen and oxygen atoms in total. The first-order chi connectivity index (χ1) is 17.7. The van der Waals surface area contributed by atoms with E-state index in [-0.39, 0.29) is 18.4 Å². The van der Waals surface area contributed by atoms with Crippen molar-refractivity contribution < 1.29 is 9.53 Å². The Balaban J connectivity index is 1.52. The third-order valence-electron chi connectivity index (χ3n) is 6.20. The highest BCUT2D eigenvalue weighted by Gasteiger charge is 2.20. The minimum absolute atomic E-state index is 0.0143. The van der Waals surface area contributed by atoms with E-state index in [0.717, 1.165) is 17.6 Å². The van der Waals surface area contributed by atoms with Crippen molar-refractivity contribution >= 4 is 12.0 Å². The van der Waals surface area contributed by atoms with Crippen LogP contribution in [0.25, 0.3) is 6.08 Å². The van der Waals surface area contributed by atoms with E-state index in [2.05, 4.69) is 73.7 Å². The second kappa shape index (κ2) is 13.1. The van der Waals surface area contributed by atoms with Crippen LogP contribution in [0.1, 0.15) is 36.0 Å². The van der Waals surface area contributed by atoms with E-state index >= 15 is 0 Å². The predicted octanol–water partition coefficient (Wildman–Crippen LogP) is 7.22. The average molecular weight is 476 g/mol. The lowest BCUT2D eigenvalue weighted by molar-refractivity contribution is -0.133. The van der Waals surface area contributed by atoms with Gasteiger partial charge in [-0.2, -0.15) is 0 Å².